The van der Waals surface area contributed by atoms with Crippen molar-refractivity contribution >= 4 is 0 Å². The lowest BCUT2D eigenvalue weighted by atomic mass is 10.1. The molecule has 12 heavy (non-hydrogen) atoms. The Balaban J connectivity index is 3.21. The van der Waals surface area contributed by atoms with Crippen LogP contribution < -0.4 is 0 Å². The molecule has 1 nitrogen and oxygen atoms in total. The second-order valence-electron chi connectivity index (χ2n) is 2.80. The summed E-state index contributed by atoms with van der Waals surface area (Å²) in [4.78, 5) is 0. The van der Waals surface area contributed by atoms with Gasteiger partial charge in [0.25, 0.3) is 6.43 Å². The molecule has 0 saturated heterocycles. The van der Waals surface area contributed by atoms with Crippen LogP contribution in [0, 0.1) is 13.8 Å². The van der Waals surface area contributed by atoms with Crippen molar-refractivity contribution in [3.63, 3.8) is 0 Å². The van der Waals surface area contributed by atoms with Gasteiger partial charge in [0.2, 0.25) is 0 Å². The maximum Gasteiger partial charge on any atom is 0.263 e. The third kappa shape index (κ3) is 1.55. The topological polar surface area (TPSA) is 20.2 Å². The van der Waals surface area contributed by atoms with E-state index in [0.717, 1.165) is 0 Å². The number of hydrogen-bond donors (Lipinski definition) is 1. The van der Waals surface area contributed by atoms with Crippen LogP contribution in [0.15, 0.2) is 12.1 Å². The van der Waals surface area contributed by atoms with Crippen molar-refractivity contribution in [2.24, 2.45) is 0 Å². The molecule has 0 aliphatic carbocycles. The van der Waals surface area contributed by atoms with Gasteiger partial charge in [0.15, 0.2) is 0 Å². The highest BCUT2D eigenvalue weighted by molar-refractivity contribution is 5.42. The van der Waals surface area contributed by atoms with Crippen LogP contribution in [0.2, 0.25) is 0 Å². The van der Waals surface area contributed by atoms with Crippen LogP contribution in [0.4, 0.5) is 8.78 Å². The third-order valence-electron chi connectivity index (χ3n) is 1.77. The zero-order chi connectivity index (χ0) is 9.30. The molecular weight excluding hydrogens is 162 g/mol. The minimum atomic E-state index is -2.47. The van der Waals surface area contributed by atoms with Gasteiger partial charge in [0.1, 0.15) is 5.75 Å². The minimum Gasteiger partial charge on any atom is -0.507 e. The third-order valence-corrected chi connectivity index (χ3v) is 1.77. The summed E-state index contributed by atoms with van der Waals surface area (Å²) in [5.41, 5.74) is 0.943. The fraction of sp³-hybridized carbons (Fsp3) is 0.333. The van der Waals surface area contributed by atoms with E-state index in [2.05, 4.69) is 0 Å². The highest BCUT2D eigenvalue weighted by atomic mass is 19.3. The number of aromatic hydroxyl groups is 1. The van der Waals surface area contributed by atoms with E-state index in [1.54, 1.807) is 13.8 Å². The van der Waals surface area contributed by atoms with Crippen molar-refractivity contribution in [2.45, 2.75) is 20.3 Å². The Bertz CT molecular complexity index is 272. The quantitative estimate of drug-likeness (QED) is 0.690. The van der Waals surface area contributed by atoms with Crippen LogP contribution in [0.1, 0.15) is 23.1 Å². The van der Waals surface area contributed by atoms with Gasteiger partial charge in [-0.25, -0.2) is 8.78 Å². The van der Waals surface area contributed by atoms with E-state index >= 15 is 0 Å². The lowest BCUT2D eigenvalue weighted by Gasteiger charge is -2.06. The molecule has 0 atom stereocenters. The van der Waals surface area contributed by atoms with E-state index in [4.69, 9.17) is 0 Å². The van der Waals surface area contributed by atoms with Crippen LogP contribution in [0.5, 0.6) is 5.75 Å². The summed E-state index contributed by atoms with van der Waals surface area (Å²) in [6, 6.07) is 2.60. The van der Waals surface area contributed by atoms with E-state index in [-0.39, 0.29) is 11.3 Å². The Labute approximate surface area is 69.7 Å². The molecule has 0 radical (unpaired) electrons. The number of phenols is 1. The molecule has 0 amide bonds. The Kier molecular flexibility index (Phi) is 2.31. The van der Waals surface area contributed by atoms with Crippen molar-refractivity contribution < 1.29 is 13.9 Å². The highest BCUT2D eigenvalue weighted by Gasteiger charge is 2.10. The number of phenolic OH excluding ortho intramolecular Hbond substituents is 1. The van der Waals surface area contributed by atoms with Crippen LogP contribution in [0.25, 0.3) is 0 Å². The molecule has 0 heterocycles. The van der Waals surface area contributed by atoms with E-state index in [9.17, 15) is 13.9 Å². The molecule has 1 aromatic rings. The predicted molar refractivity (Wildman–Crippen MR) is 42.5 cm³/mol. The van der Waals surface area contributed by atoms with Crippen molar-refractivity contribution in [2.75, 3.05) is 0 Å². The monoisotopic (exact) mass is 172 g/mol. The minimum absolute atomic E-state index is 0.0391. The number of halogens is 2. The van der Waals surface area contributed by atoms with Crippen LogP contribution in [-0.2, 0) is 0 Å². The van der Waals surface area contributed by atoms with Crippen molar-refractivity contribution in [1.82, 2.24) is 0 Å². The van der Waals surface area contributed by atoms with Crippen LogP contribution >= 0.6 is 0 Å². The molecule has 3 heteroatoms. The zero-order valence-electron chi connectivity index (χ0n) is 6.94. The molecule has 0 spiro atoms. The van der Waals surface area contributed by atoms with E-state index in [0.29, 0.717) is 11.1 Å². The molecular formula is C9H10F2O. The van der Waals surface area contributed by atoms with Crippen LogP contribution in [-0.4, -0.2) is 5.11 Å². The van der Waals surface area contributed by atoms with Gasteiger partial charge in [-0.05, 0) is 37.1 Å². The van der Waals surface area contributed by atoms with Crippen molar-refractivity contribution in [3.8, 4) is 5.75 Å². The SMILES string of the molecule is Cc1cc(C(F)F)cc(C)c1O. The van der Waals surface area contributed by atoms with E-state index in [1.807, 2.05) is 0 Å². The molecule has 0 unspecified atom stereocenters. The van der Waals surface area contributed by atoms with Gasteiger partial charge in [-0.2, -0.15) is 0 Å². The second-order valence-corrected chi connectivity index (χ2v) is 2.80. The molecule has 0 aliphatic heterocycles. The average Bonchev–Trinajstić information content (AvgIpc) is 1.99. The van der Waals surface area contributed by atoms with Gasteiger partial charge >= 0.3 is 0 Å². The molecule has 1 rings (SSSR count). The molecule has 0 saturated carbocycles. The van der Waals surface area contributed by atoms with Crippen molar-refractivity contribution in [3.05, 3.63) is 28.8 Å². The molecule has 1 N–H and O–H groups in total. The number of alkyl halides is 2. The Morgan fingerprint density at radius 2 is 1.58 bits per heavy atom. The first kappa shape index (κ1) is 8.97. The normalized spacial score (nSPS) is 10.8. The fourth-order valence-corrected chi connectivity index (χ4v) is 1.12. The van der Waals surface area contributed by atoms with Gasteiger partial charge in [-0.3, -0.25) is 0 Å². The summed E-state index contributed by atoms with van der Waals surface area (Å²) >= 11 is 0. The summed E-state index contributed by atoms with van der Waals surface area (Å²) in [6.07, 6.45) is -2.47. The smallest absolute Gasteiger partial charge is 0.263 e. The predicted octanol–water partition coefficient (Wildman–Crippen LogP) is 2.95. The highest BCUT2D eigenvalue weighted by Crippen LogP contribution is 2.27. The summed E-state index contributed by atoms with van der Waals surface area (Å²) in [5.74, 6) is 0.0967. The number of hydrogen-bond acceptors (Lipinski definition) is 1. The second kappa shape index (κ2) is 3.09. The largest absolute Gasteiger partial charge is 0.507 e. The van der Waals surface area contributed by atoms with Crippen molar-refractivity contribution in [1.29, 1.82) is 0 Å². The van der Waals surface area contributed by atoms with Crippen LogP contribution in [0.3, 0.4) is 0 Å². The van der Waals surface area contributed by atoms with Gasteiger partial charge in [0.05, 0.1) is 0 Å². The standard InChI is InChI=1S/C9H10F2O/c1-5-3-7(9(10)11)4-6(2)8(5)12/h3-4,9,12H,1-2H3. The lowest BCUT2D eigenvalue weighted by molar-refractivity contribution is 0.151. The Hall–Kier alpha value is -1.12. The molecule has 1 aromatic carbocycles. The zero-order valence-corrected chi connectivity index (χ0v) is 6.94. The Morgan fingerprint density at radius 1 is 1.17 bits per heavy atom. The number of benzene rings is 1. The summed E-state index contributed by atoms with van der Waals surface area (Å²) in [7, 11) is 0. The Morgan fingerprint density at radius 3 is 1.92 bits per heavy atom. The maximum atomic E-state index is 12.2. The molecule has 0 fully saturated rings. The maximum absolute atomic E-state index is 12.2. The first-order valence-electron chi connectivity index (χ1n) is 3.60. The molecule has 0 bridgehead atoms. The van der Waals surface area contributed by atoms with Gasteiger partial charge in [0, 0.05) is 5.56 Å². The van der Waals surface area contributed by atoms with Gasteiger partial charge < -0.3 is 5.11 Å². The van der Waals surface area contributed by atoms with Gasteiger partial charge in [-0.1, -0.05) is 0 Å². The molecule has 66 valence electrons. The van der Waals surface area contributed by atoms with E-state index in [1.165, 1.54) is 12.1 Å². The first-order chi connectivity index (χ1) is 5.52. The number of rotatable bonds is 1. The summed E-state index contributed by atoms with van der Waals surface area (Å²) < 4.78 is 24.4. The molecule has 0 aliphatic rings. The number of aryl methyl sites for hydroxylation is 2. The molecule has 0 aromatic heterocycles. The lowest BCUT2D eigenvalue weighted by Crippen LogP contribution is -1.88. The first-order valence-corrected chi connectivity index (χ1v) is 3.60. The summed E-state index contributed by atoms with van der Waals surface area (Å²) in [5, 5.41) is 9.27. The van der Waals surface area contributed by atoms with Gasteiger partial charge in [-0.15, -0.1) is 0 Å². The average molecular weight is 172 g/mol. The van der Waals surface area contributed by atoms with E-state index < -0.39 is 6.43 Å². The fourth-order valence-electron chi connectivity index (χ4n) is 1.12. The summed E-state index contributed by atoms with van der Waals surface area (Å²) in [6.45, 7) is 3.21.